The van der Waals surface area contributed by atoms with Gasteiger partial charge in [0.15, 0.2) is 5.82 Å². The van der Waals surface area contributed by atoms with E-state index in [9.17, 15) is 0 Å². The summed E-state index contributed by atoms with van der Waals surface area (Å²) in [7, 11) is 0. The summed E-state index contributed by atoms with van der Waals surface area (Å²) >= 11 is 0. The molecule has 0 bridgehead atoms. The van der Waals surface area contributed by atoms with E-state index in [4.69, 9.17) is 0 Å². The van der Waals surface area contributed by atoms with Crippen molar-refractivity contribution in [2.75, 3.05) is 10.6 Å². The lowest BCUT2D eigenvalue weighted by molar-refractivity contribution is 0.460. The summed E-state index contributed by atoms with van der Waals surface area (Å²) in [6.07, 6.45) is 7.94. The molecule has 1 aliphatic carbocycles. The second kappa shape index (κ2) is 7.16. The Labute approximate surface area is 144 Å². The molecule has 0 radical (unpaired) electrons. The van der Waals surface area contributed by atoms with E-state index in [1.165, 1.54) is 37.7 Å². The van der Waals surface area contributed by atoms with Crippen LogP contribution in [0.15, 0.2) is 30.5 Å². The van der Waals surface area contributed by atoms with E-state index < -0.39 is 0 Å². The smallest absolute Gasteiger partial charge is 0.244 e. The molecule has 1 saturated carbocycles. The van der Waals surface area contributed by atoms with Gasteiger partial charge in [0.05, 0.1) is 6.20 Å². The van der Waals surface area contributed by atoms with Crippen LogP contribution in [0.2, 0.25) is 0 Å². The van der Waals surface area contributed by atoms with E-state index in [0.717, 1.165) is 11.5 Å². The monoisotopic (exact) mass is 325 g/mol. The highest BCUT2D eigenvalue weighted by molar-refractivity contribution is 5.62. The highest BCUT2D eigenvalue weighted by atomic mass is 15.3. The Morgan fingerprint density at radius 1 is 1.04 bits per heavy atom. The predicted octanol–water partition coefficient (Wildman–Crippen LogP) is 4.66. The fraction of sp³-hybridized carbons (Fsp3) is 0.526. The number of benzene rings is 1. The third kappa shape index (κ3) is 4.22. The number of aromatic nitrogens is 3. The SMILES string of the molecule is CC(C)(C)c1ccccc1Nc1cnnc(NC2CCCCC2)n1. The molecule has 1 aliphatic rings. The number of hydrogen-bond acceptors (Lipinski definition) is 5. The molecule has 5 heteroatoms. The zero-order valence-electron chi connectivity index (χ0n) is 14.8. The lowest BCUT2D eigenvalue weighted by Crippen LogP contribution is -2.23. The van der Waals surface area contributed by atoms with Gasteiger partial charge in [-0.25, -0.2) is 0 Å². The molecule has 128 valence electrons. The molecule has 0 spiro atoms. The van der Waals surface area contributed by atoms with Crippen molar-refractivity contribution in [3.05, 3.63) is 36.0 Å². The van der Waals surface area contributed by atoms with Gasteiger partial charge in [0.1, 0.15) is 0 Å². The highest BCUT2D eigenvalue weighted by Crippen LogP contribution is 2.30. The van der Waals surface area contributed by atoms with Gasteiger partial charge in [-0.3, -0.25) is 0 Å². The third-order valence-corrected chi connectivity index (χ3v) is 4.50. The highest BCUT2D eigenvalue weighted by Gasteiger charge is 2.18. The molecule has 0 aliphatic heterocycles. The third-order valence-electron chi connectivity index (χ3n) is 4.50. The quantitative estimate of drug-likeness (QED) is 0.856. The molecule has 1 heterocycles. The lowest BCUT2D eigenvalue weighted by Gasteiger charge is -2.24. The number of rotatable bonds is 4. The molecular formula is C19H27N5. The Kier molecular flexibility index (Phi) is 4.97. The fourth-order valence-electron chi connectivity index (χ4n) is 3.24. The van der Waals surface area contributed by atoms with Crippen LogP contribution in [0, 0.1) is 0 Å². The second-order valence-electron chi connectivity index (χ2n) is 7.57. The Morgan fingerprint density at radius 3 is 2.54 bits per heavy atom. The number of nitrogens with one attached hydrogen (secondary N) is 2. The number of anilines is 3. The first-order valence-corrected chi connectivity index (χ1v) is 8.85. The molecule has 2 aromatic rings. The van der Waals surface area contributed by atoms with Gasteiger partial charge in [-0.05, 0) is 29.9 Å². The Bertz CT molecular complexity index is 671. The minimum Gasteiger partial charge on any atom is -0.350 e. The van der Waals surface area contributed by atoms with Crippen LogP contribution in [0.5, 0.6) is 0 Å². The summed E-state index contributed by atoms with van der Waals surface area (Å²) in [6, 6.07) is 8.81. The summed E-state index contributed by atoms with van der Waals surface area (Å²) in [5.41, 5.74) is 2.38. The van der Waals surface area contributed by atoms with Crippen LogP contribution in [0.1, 0.15) is 58.4 Å². The van der Waals surface area contributed by atoms with Gasteiger partial charge < -0.3 is 10.6 Å². The van der Waals surface area contributed by atoms with Crippen LogP contribution in [-0.2, 0) is 5.41 Å². The van der Waals surface area contributed by atoms with Gasteiger partial charge in [0.2, 0.25) is 5.95 Å². The molecule has 1 fully saturated rings. The minimum atomic E-state index is 0.0627. The van der Waals surface area contributed by atoms with Gasteiger partial charge in [-0.2, -0.15) is 10.1 Å². The largest absolute Gasteiger partial charge is 0.350 e. The van der Waals surface area contributed by atoms with Crippen LogP contribution < -0.4 is 10.6 Å². The molecule has 0 amide bonds. The van der Waals surface area contributed by atoms with Gasteiger partial charge >= 0.3 is 0 Å². The average molecular weight is 325 g/mol. The van der Waals surface area contributed by atoms with Crippen molar-refractivity contribution in [1.82, 2.24) is 15.2 Å². The first-order chi connectivity index (χ1) is 11.5. The normalized spacial score (nSPS) is 16.0. The Balaban J connectivity index is 1.75. The van der Waals surface area contributed by atoms with Crippen molar-refractivity contribution in [2.24, 2.45) is 0 Å². The Morgan fingerprint density at radius 2 is 1.79 bits per heavy atom. The Hall–Kier alpha value is -2.17. The number of nitrogens with zero attached hydrogens (tertiary/aromatic N) is 3. The molecule has 0 atom stereocenters. The molecule has 1 aromatic carbocycles. The first kappa shape index (κ1) is 16.7. The zero-order valence-corrected chi connectivity index (χ0v) is 14.8. The maximum Gasteiger partial charge on any atom is 0.244 e. The molecule has 3 rings (SSSR count). The van der Waals surface area contributed by atoms with Crippen LogP contribution in [-0.4, -0.2) is 21.2 Å². The van der Waals surface area contributed by atoms with Crippen LogP contribution in [0.4, 0.5) is 17.5 Å². The van der Waals surface area contributed by atoms with Gasteiger partial charge in [-0.1, -0.05) is 58.2 Å². The van der Waals surface area contributed by atoms with E-state index in [1.807, 2.05) is 6.07 Å². The average Bonchev–Trinajstić information content (AvgIpc) is 2.56. The van der Waals surface area contributed by atoms with Crippen molar-refractivity contribution >= 4 is 17.5 Å². The minimum absolute atomic E-state index is 0.0627. The van der Waals surface area contributed by atoms with Crippen LogP contribution in [0.3, 0.4) is 0 Å². The molecule has 1 aromatic heterocycles. The summed E-state index contributed by atoms with van der Waals surface area (Å²) < 4.78 is 0. The second-order valence-corrected chi connectivity index (χ2v) is 7.57. The van der Waals surface area contributed by atoms with Crippen molar-refractivity contribution in [2.45, 2.75) is 64.3 Å². The van der Waals surface area contributed by atoms with E-state index >= 15 is 0 Å². The maximum atomic E-state index is 4.59. The number of hydrogen-bond donors (Lipinski definition) is 2. The van der Waals surface area contributed by atoms with Crippen molar-refractivity contribution in [3.63, 3.8) is 0 Å². The molecule has 0 saturated heterocycles. The van der Waals surface area contributed by atoms with E-state index in [0.29, 0.717) is 12.0 Å². The first-order valence-electron chi connectivity index (χ1n) is 8.85. The topological polar surface area (TPSA) is 62.7 Å². The van der Waals surface area contributed by atoms with E-state index in [2.05, 4.69) is 64.8 Å². The van der Waals surface area contributed by atoms with Crippen molar-refractivity contribution in [3.8, 4) is 0 Å². The summed E-state index contributed by atoms with van der Waals surface area (Å²) in [6.45, 7) is 6.63. The molecular weight excluding hydrogens is 298 g/mol. The van der Waals surface area contributed by atoms with E-state index in [1.54, 1.807) is 6.20 Å². The molecule has 5 nitrogen and oxygen atoms in total. The molecule has 24 heavy (non-hydrogen) atoms. The van der Waals surface area contributed by atoms with Crippen LogP contribution in [0.25, 0.3) is 0 Å². The molecule has 0 unspecified atom stereocenters. The zero-order chi connectivity index (χ0) is 17.0. The molecule has 2 N–H and O–H groups in total. The summed E-state index contributed by atoms with van der Waals surface area (Å²) in [5, 5.41) is 15.1. The van der Waals surface area contributed by atoms with Gasteiger partial charge in [0, 0.05) is 11.7 Å². The van der Waals surface area contributed by atoms with Gasteiger partial charge in [0.25, 0.3) is 0 Å². The van der Waals surface area contributed by atoms with Gasteiger partial charge in [-0.15, -0.1) is 5.10 Å². The lowest BCUT2D eigenvalue weighted by atomic mass is 9.86. The fourth-order valence-corrected chi connectivity index (χ4v) is 3.24. The number of para-hydroxylation sites is 1. The summed E-state index contributed by atoms with van der Waals surface area (Å²) in [4.78, 5) is 4.59. The summed E-state index contributed by atoms with van der Waals surface area (Å²) in [5.74, 6) is 1.33. The standard InChI is InChI=1S/C19H27N5/c1-19(2,3)15-11-7-8-12-16(15)22-17-13-20-24-18(23-17)21-14-9-5-4-6-10-14/h7-8,11-14H,4-6,9-10H2,1-3H3,(H2,21,22,23,24). The van der Waals surface area contributed by atoms with E-state index in [-0.39, 0.29) is 5.41 Å². The maximum absolute atomic E-state index is 4.59. The van der Waals surface area contributed by atoms with Crippen molar-refractivity contribution < 1.29 is 0 Å². The van der Waals surface area contributed by atoms with Crippen molar-refractivity contribution in [1.29, 1.82) is 0 Å². The predicted molar refractivity (Wildman–Crippen MR) is 98.7 cm³/mol. The van der Waals surface area contributed by atoms with Crippen LogP contribution >= 0.6 is 0 Å².